The van der Waals surface area contributed by atoms with E-state index >= 15 is 0 Å². The Labute approximate surface area is 115 Å². The number of rotatable bonds is 4. The third-order valence-electron chi connectivity index (χ3n) is 3.37. The molecule has 1 saturated heterocycles. The van der Waals surface area contributed by atoms with Crippen molar-refractivity contribution in [2.24, 2.45) is 0 Å². The molecule has 1 aromatic rings. The minimum Gasteiger partial charge on any atom is -0.311 e. The maximum atomic E-state index is 4.57. The zero-order valence-electron chi connectivity index (χ0n) is 12.0. The predicted octanol–water partition coefficient (Wildman–Crippen LogP) is 2.80. The molecular weight excluding hydrogens is 242 g/mol. The largest absolute Gasteiger partial charge is 0.311 e. The van der Waals surface area contributed by atoms with Gasteiger partial charge >= 0.3 is 0 Å². The van der Waals surface area contributed by atoms with Crippen LogP contribution in [0.2, 0.25) is 0 Å². The van der Waals surface area contributed by atoms with E-state index in [2.05, 4.69) is 48.3 Å². The summed E-state index contributed by atoms with van der Waals surface area (Å²) >= 11 is 1.79. The lowest BCUT2D eigenvalue weighted by atomic mass is 10.1. The van der Waals surface area contributed by atoms with Crippen LogP contribution in [0.5, 0.6) is 0 Å². The summed E-state index contributed by atoms with van der Waals surface area (Å²) in [5.41, 5.74) is 1.37. The van der Waals surface area contributed by atoms with E-state index in [1.165, 1.54) is 24.4 Å². The molecule has 1 unspecified atom stereocenters. The second-order valence-electron chi connectivity index (χ2n) is 6.28. The average Bonchev–Trinajstić information content (AvgIpc) is 2.85. The minimum absolute atomic E-state index is 0.214. The van der Waals surface area contributed by atoms with E-state index in [0.717, 1.165) is 18.8 Å². The number of hydrogen-bond acceptors (Lipinski definition) is 4. The van der Waals surface area contributed by atoms with Crippen molar-refractivity contribution in [1.82, 2.24) is 15.2 Å². The molecule has 4 heteroatoms. The number of nitrogens with one attached hydrogen (secondary N) is 1. The Kier molecular flexibility index (Phi) is 4.41. The molecular formula is C14H25N3S. The molecule has 0 spiro atoms. The van der Waals surface area contributed by atoms with Crippen molar-refractivity contribution in [1.29, 1.82) is 0 Å². The number of thiazole rings is 1. The van der Waals surface area contributed by atoms with Crippen molar-refractivity contribution in [3.8, 4) is 0 Å². The first-order valence-electron chi connectivity index (χ1n) is 6.84. The standard InChI is InChI=1S/C14H25N3S/c1-11-10-18-13(16-11)9-17-7-5-6-12(17)8-15-14(2,3)4/h10,12,15H,5-9H2,1-4H3. The van der Waals surface area contributed by atoms with Crippen molar-refractivity contribution in [3.63, 3.8) is 0 Å². The number of aryl methyl sites for hydroxylation is 1. The van der Waals surface area contributed by atoms with Crippen LogP contribution in [-0.4, -0.2) is 34.6 Å². The molecule has 0 radical (unpaired) electrons. The number of hydrogen-bond donors (Lipinski definition) is 1. The maximum Gasteiger partial charge on any atom is 0.107 e. The number of aromatic nitrogens is 1. The summed E-state index contributed by atoms with van der Waals surface area (Å²) in [6.45, 7) is 12.1. The second kappa shape index (κ2) is 5.68. The summed E-state index contributed by atoms with van der Waals surface area (Å²) in [4.78, 5) is 7.15. The highest BCUT2D eigenvalue weighted by atomic mass is 32.1. The number of likely N-dealkylation sites (tertiary alicyclic amines) is 1. The van der Waals surface area contributed by atoms with Gasteiger partial charge in [0.25, 0.3) is 0 Å². The zero-order valence-corrected chi connectivity index (χ0v) is 12.8. The first-order valence-corrected chi connectivity index (χ1v) is 7.72. The van der Waals surface area contributed by atoms with Gasteiger partial charge in [-0.25, -0.2) is 4.98 Å². The predicted molar refractivity (Wildman–Crippen MR) is 78.0 cm³/mol. The summed E-state index contributed by atoms with van der Waals surface area (Å²) < 4.78 is 0. The molecule has 1 aliphatic heterocycles. The van der Waals surface area contributed by atoms with Gasteiger partial charge in [-0.1, -0.05) is 0 Å². The maximum absolute atomic E-state index is 4.57. The van der Waals surface area contributed by atoms with Crippen LogP contribution in [0.3, 0.4) is 0 Å². The van der Waals surface area contributed by atoms with Crippen LogP contribution in [0, 0.1) is 6.92 Å². The van der Waals surface area contributed by atoms with Gasteiger partial charge in [-0.05, 0) is 47.1 Å². The van der Waals surface area contributed by atoms with Crippen molar-refractivity contribution in [2.75, 3.05) is 13.1 Å². The smallest absolute Gasteiger partial charge is 0.107 e. The van der Waals surface area contributed by atoms with Gasteiger partial charge < -0.3 is 5.32 Å². The zero-order chi connectivity index (χ0) is 13.2. The lowest BCUT2D eigenvalue weighted by Gasteiger charge is -2.28. The molecule has 0 aromatic carbocycles. The fourth-order valence-corrected chi connectivity index (χ4v) is 3.20. The highest BCUT2D eigenvalue weighted by molar-refractivity contribution is 7.09. The van der Waals surface area contributed by atoms with Crippen molar-refractivity contribution in [2.45, 2.75) is 58.7 Å². The van der Waals surface area contributed by atoms with Crippen LogP contribution < -0.4 is 5.32 Å². The first kappa shape index (κ1) is 14.0. The Morgan fingerprint density at radius 2 is 2.28 bits per heavy atom. The van der Waals surface area contributed by atoms with Crippen molar-refractivity contribution >= 4 is 11.3 Å². The van der Waals surface area contributed by atoms with E-state index in [0.29, 0.717) is 6.04 Å². The lowest BCUT2D eigenvalue weighted by Crippen LogP contribution is -2.44. The molecule has 1 fully saturated rings. The quantitative estimate of drug-likeness (QED) is 0.909. The third kappa shape index (κ3) is 4.04. The molecule has 0 saturated carbocycles. The number of nitrogens with zero attached hydrogens (tertiary/aromatic N) is 2. The lowest BCUT2D eigenvalue weighted by molar-refractivity contribution is 0.225. The Morgan fingerprint density at radius 1 is 1.50 bits per heavy atom. The summed E-state index contributed by atoms with van der Waals surface area (Å²) in [7, 11) is 0. The molecule has 0 bridgehead atoms. The second-order valence-corrected chi connectivity index (χ2v) is 7.22. The van der Waals surface area contributed by atoms with Crippen LogP contribution >= 0.6 is 11.3 Å². The van der Waals surface area contributed by atoms with Gasteiger partial charge in [0.05, 0.1) is 6.54 Å². The van der Waals surface area contributed by atoms with E-state index in [1.54, 1.807) is 11.3 Å². The molecule has 0 amide bonds. The summed E-state index contributed by atoms with van der Waals surface area (Å²) in [5, 5.41) is 7.03. The van der Waals surface area contributed by atoms with Crippen molar-refractivity contribution in [3.05, 3.63) is 16.1 Å². The van der Waals surface area contributed by atoms with Gasteiger partial charge in [0.15, 0.2) is 0 Å². The Balaban J connectivity index is 1.87. The molecule has 1 aliphatic rings. The Bertz CT molecular complexity index is 381. The normalized spacial score (nSPS) is 21.7. The monoisotopic (exact) mass is 267 g/mol. The van der Waals surface area contributed by atoms with E-state index in [4.69, 9.17) is 0 Å². The first-order chi connectivity index (χ1) is 8.44. The van der Waals surface area contributed by atoms with E-state index in [-0.39, 0.29) is 5.54 Å². The molecule has 2 heterocycles. The van der Waals surface area contributed by atoms with Crippen LogP contribution in [-0.2, 0) is 6.54 Å². The highest BCUT2D eigenvalue weighted by Gasteiger charge is 2.26. The fraction of sp³-hybridized carbons (Fsp3) is 0.786. The van der Waals surface area contributed by atoms with Gasteiger partial charge in [0, 0.05) is 29.2 Å². The topological polar surface area (TPSA) is 28.2 Å². The molecule has 102 valence electrons. The van der Waals surface area contributed by atoms with Crippen LogP contribution in [0.15, 0.2) is 5.38 Å². The highest BCUT2D eigenvalue weighted by Crippen LogP contribution is 2.21. The van der Waals surface area contributed by atoms with Gasteiger partial charge in [-0.15, -0.1) is 11.3 Å². The molecule has 1 aromatic heterocycles. The third-order valence-corrected chi connectivity index (χ3v) is 4.32. The molecule has 1 atom stereocenters. The molecule has 0 aliphatic carbocycles. The Hall–Kier alpha value is -0.450. The van der Waals surface area contributed by atoms with Gasteiger partial charge in [-0.2, -0.15) is 0 Å². The van der Waals surface area contributed by atoms with Crippen LogP contribution in [0.1, 0.15) is 44.3 Å². The Morgan fingerprint density at radius 3 is 2.89 bits per heavy atom. The van der Waals surface area contributed by atoms with E-state index < -0.39 is 0 Å². The molecule has 18 heavy (non-hydrogen) atoms. The summed E-state index contributed by atoms with van der Waals surface area (Å²) in [5.74, 6) is 0. The average molecular weight is 267 g/mol. The summed E-state index contributed by atoms with van der Waals surface area (Å²) in [6.07, 6.45) is 2.63. The van der Waals surface area contributed by atoms with Gasteiger partial charge in [0.1, 0.15) is 5.01 Å². The summed E-state index contributed by atoms with van der Waals surface area (Å²) in [6, 6.07) is 0.674. The minimum atomic E-state index is 0.214. The molecule has 2 rings (SSSR count). The van der Waals surface area contributed by atoms with Crippen molar-refractivity contribution < 1.29 is 0 Å². The van der Waals surface area contributed by atoms with Crippen LogP contribution in [0.4, 0.5) is 0 Å². The van der Waals surface area contributed by atoms with Gasteiger partial charge in [-0.3, -0.25) is 4.90 Å². The van der Waals surface area contributed by atoms with E-state index in [9.17, 15) is 0 Å². The molecule has 1 N–H and O–H groups in total. The van der Waals surface area contributed by atoms with Crippen LogP contribution in [0.25, 0.3) is 0 Å². The molecule has 3 nitrogen and oxygen atoms in total. The fourth-order valence-electron chi connectivity index (χ4n) is 2.41. The van der Waals surface area contributed by atoms with E-state index in [1.807, 2.05) is 0 Å². The van der Waals surface area contributed by atoms with Gasteiger partial charge in [0.2, 0.25) is 0 Å². The SMILES string of the molecule is Cc1csc(CN2CCCC2CNC(C)(C)C)n1.